The lowest BCUT2D eigenvalue weighted by atomic mass is 10.0. The Morgan fingerprint density at radius 2 is 0.915 bits per heavy atom. The fourth-order valence-corrected chi connectivity index (χ4v) is 7.20. The number of esters is 1. The Balaban J connectivity index is 4.07. The first-order valence-corrected chi connectivity index (χ1v) is 25.4. The zero-order valence-electron chi connectivity index (χ0n) is 38.0. The fourth-order valence-electron chi connectivity index (χ4n) is 6.44. The number of allylic oxidation sites excluding steroid dienone is 12. The van der Waals surface area contributed by atoms with E-state index in [0.29, 0.717) is 13.0 Å². The summed E-state index contributed by atoms with van der Waals surface area (Å²) in [6.07, 6.45) is 59.5. The largest absolute Gasteiger partial charge is 0.472 e. The zero-order valence-corrected chi connectivity index (χ0v) is 38.9. The van der Waals surface area contributed by atoms with Crippen molar-refractivity contribution >= 4 is 13.8 Å². The number of phosphoric acid groups is 1. The molecule has 0 aliphatic rings. The lowest BCUT2D eigenvalue weighted by molar-refractivity contribution is -0.154. The van der Waals surface area contributed by atoms with Gasteiger partial charge >= 0.3 is 13.8 Å². The summed E-state index contributed by atoms with van der Waals surface area (Å²) < 4.78 is 33.4. The number of hydrogen-bond donors (Lipinski definition) is 2. The van der Waals surface area contributed by atoms with E-state index in [-0.39, 0.29) is 32.8 Å². The topological polar surface area (TPSA) is 117 Å². The predicted molar refractivity (Wildman–Crippen MR) is 252 cm³/mol. The highest BCUT2D eigenvalue weighted by molar-refractivity contribution is 7.47. The molecule has 2 unspecified atom stereocenters. The molecule has 0 aromatic heterocycles. The quantitative estimate of drug-likeness (QED) is 0.0269. The number of unbranched alkanes of at least 4 members (excludes halogenated alkanes) is 20. The summed E-state index contributed by atoms with van der Waals surface area (Å²) >= 11 is 0. The van der Waals surface area contributed by atoms with Gasteiger partial charge in [0.05, 0.1) is 19.8 Å². The molecule has 2 atom stereocenters. The summed E-state index contributed by atoms with van der Waals surface area (Å²) in [7, 11) is -4.30. The molecule has 0 aromatic carbocycles. The van der Waals surface area contributed by atoms with Gasteiger partial charge in [-0.05, 0) is 51.4 Å². The second-order valence-electron chi connectivity index (χ2n) is 15.6. The van der Waals surface area contributed by atoms with Crippen molar-refractivity contribution in [2.24, 2.45) is 5.73 Å². The van der Waals surface area contributed by atoms with Crippen molar-refractivity contribution < 1.29 is 32.8 Å². The molecule has 0 aliphatic heterocycles. The molecule has 0 saturated heterocycles. The molecule has 0 aromatic rings. The molecule has 0 rings (SSSR count). The van der Waals surface area contributed by atoms with Crippen molar-refractivity contribution in [3.63, 3.8) is 0 Å². The molecule has 0 heterocycles. The Hall–Kier alpha value is -2.06. The summed E-state index contributed by atoms with van der Waals surface area (Å²) in [6, 6.07) is 0. The Kier molecular flexibility index (Phi) is 45.4. The lowest BCUT2D eigenvalue weighted by Crippen LogP contribution is -2.28. The molecule has 0 fully saturated rings. The molecule has 0 bridgehead atoms. The third-order valence-corrected chi connectivity index (χ3v) is 10.9. The van der Waals surface area contributed by atoms with Crippen molar-refractivity contribution in [1.29, 1.82) is 0 Å². The monoisotopic (exact) mass is 848 g/mol. The molecule has 0 amide bonds. The highest BCUT2D eigenvalue weighted by Crippen LogP contribution is 2.43. The van der Waals surface area contributed by atoms with Gasteiger partial charge in [-0.15, -0.1) is 0 Å². The third kappa shape index (κ3) is 46.9. The SMILES string of the molecule is CC/C=C\C/C=C\C/C=C\C/C=C\C/C=C\C/C=C\CCC(=O)OC(COCCCCCCCCCCCCCCCCCCCCCCC)COP(=O)(O)OCCN. The highest BCUT2D eigenvalue weighted by Gasteiger charge is 2.25. The Morgan fingerprint density at radius 3 is 1.32 bits per heavy atom. The van der Waals surface area contributed by atoms with Crippen LogP contribution in [0, 0.1) is 0 Å². The van der Waals surface area contributed by atoms with Gasteiger partial charge in [0.15, 0.2) is 0 Å². The molecule has 0 saturated carbocycles. The van der Waals surface area contributed by atoms with Gasteiger partial charge in [0.2, 0.25) is 0 Å². The number of ether oxygens (including phenoxy) is 2. The first kappa shape index (κ1) is 56.9. The summed E-state index contributed by atoms with van der Waals surface area (Å²) in [5.74, 6) is -0.411. The van der Waals surface area contributed by atoms with Gasteiger partial charge < -0.3 is 20.1 Å². The minimum atomic E-state index is -4.30. The van der Waals surface area contributed by atoms with Crippen LogP contribution >= 0.6 is 7.82 Å². The van der Waals surface area contributed by atoms with E-state index in [9.17, 15) is 14.3 Å². The second kappa shape index (κ2) is 47.0. The van der Waals surface area contributed by atoms with Gasteiger partial charge in [0.1, 0.15) is 6.10 Å². The number of phosphoric ester groups is 1. The number of carbonyl (C=O) groups is 1. The van der Waals surface area contributed by atoms with Crippen LogP contribution < -0.4 is 5.73 Å². The zero-order chi connectivity index (χ0) is 43.0. The molecule has 0 spiro atoms. The van der Waals surface area contributed by atoms with Crippen molar-refractivity contribution in [3.05, 3.63) is 72.9 Å². The summed E-state index contributed by atoms with van der Waals surface area (Å²) in [4.78, 5) is 22.5. The Morgan fingerprint density at radius 1 is 0.525 bits per heavy atom. The van der Waals surface area contributed by atoms with Crippen molar-refractivity contribution in [2.75, 3.05) is 33.0 Å². The van der Waals surface area contributed by atoms with Crippen LogP contribution in [0.3, 0.4) is 0 Å². The van der Waals surface area contributed by atoms with Crippen LogP contribution in [-0.4, -0.2) is 49.9 Å². The Labute approximate surface area is 363 Å². The van der Waals surface area contributed by atoms with Crippen LogP contribution in [0.2, 0.25) is 0 Å². The van der Waals surface area contributed by atoms with E-state index in [2.05, 4.69) is 74.6 Å². The molecule has 342 valence electrons. The van der Waals surface area contributed by atoms with Crippen LogP contribution in [0.1, 0.15) is 200 Å². The second-order valence-corrected chi connectivity index (χ2v) is 17.1. The van der Waals surface area contributed by atoms with Crippen molar-refractivity contribution in [3.8, 4) is 0 Å². The molecular formula is C50H90NO7P. The molecule has 0 aliphatic carbocycles. The van der Waals surface area contributed by atoms with Crippen molar-refractivity contribution in [2.45, 2.75) is 206 Å². The molecule has 9 heteroatoms. The van der Waals surface area contributed by atoms with Gasteiger partial charge in [-0.3, -0.25) is 13.8 Å². The van der Waals surface area contributed by atoms with Crippen LogP contribution in [0.15, 0.2) is 72.9 Å². The molecular weight excluding hydrogens is 758 g/mol. The fraction of sp³-hybridized carbons (Fsp3) is 0.740. The molecule has 8 nitrogen and oxygen atoms in total. The van der Waals surface area contributed by atoms with E-state index in [4.69, 9.17) is 24.3 Å². The maximum atomic E-state index is 12.6. The van der Waals surface area contributed by atoms with E-state index in [1.165, 1.54) is 122 Å². The minimum Gasteiger partial charge on any atom is -0.457 e. The lowest BCUT2D eigenvalue weighted by Gasteiger charge is -2.20. The van der Waals surface area contributed by atoms with Crippen LogP contribution in [0.4, 0.5) is 0 Å². The number of nitrogens with two attached hydrogens (primary N) is 1. The molecule has 0 radical (unpaired) electrons. The smallest absolute Gasteiger partial charge is 0.457 e. The first-order valence-electron chi connectivity index (χ1n) is 23.9. The van der Waals surface area contributed by atoms with E-state index in [1.807, 2.05) is 12.2 Å². The summed E-state index contributed by atoms with van der Waals surface area (Å²) in [5.41, 5.74) is 5.37. The minimum absolute atomic E-state index is 0.0851. The van der Waals surface area contributed by atoms with Crippen molar-refractivity contribution in [1.82, 2.24) is 0 Å². The number of hydrogen-bond acceptors (Lipinski definition) is 7. The summed E-state index contributed by atoms with van der Waals surface area (Å²) in [6.45, 7) is 4.72. The van der Waals surface area contributed by atoms with Crippen LogP contribution in [-0.2, 0) is 27.9 Å². The first-order chi connectivity index (χ1) is 28.9. The van der Waals surface area contributed by atoms with E-state index in [0.717, 1.165) is 51.4 Å². The van der Waals surface area contributed by atoms with E-state index >= 15 is 0 Å². The van der Waals surface area contributed by atoms with Gasteiger partial charge in [-0.25, -0.2) is 4.57 Å². The average molecular weight is 848 g/mol. The molecule has 3 N–H and O–H groups in total. The van der Waals surface area contributed by atoms with E-state index in [1.54, 1.807) is 0 Å². The van der Waals surface area contributed by atoms with Crippen LogP contribution in [0.25, 0.3) is 0 Å². The standard InChI is InChI=1S/C50H90NO7P/c1-3-5-7-9-11-13-15-17-19-21-23-24-26-28-30-32-34-36-38-40-42-45-55-47-49(48-57-59(53,54)56-46-44-51)58-50(52)43-41-39-37-35-33-31-29-27-25-22-20-18-16-14-12-10-8-6-4-2/h6,8,12,14,18,20,25,27,31,33,37,39,49H,3-5,7,9-11,13,15-17,19,21-24,26,28-30,32,34-36,38,40-48,51H2,1-2H3,(H,53,54)/b8-6-,14-12-,20-18-,27-25-,33-31-,39-37-. The average Bonchev–Trinajstić information content (AvgIpc) is 3.23. The van der Waals surface area contributed by atoms with Gasteiger partial charge in [-0.2, -0.15) is 0 Å². The van der Waals surface area contributed by atoms with Gasteiger partial charge in [0, 0.05) is 19.6 Å². The molecule has 59 heavy (non-hydrogen) atoms. The highest BCUT2D eigenvalue weighted by atomic mass is 31.2. The number of rotatable bonds is 45. The van der Waals surface area contributed by atoms with Crippen LogP contribution in [0.5, 0.6) is 0 Å². The van der Waals surface area contributed by atoms with E-state index < -0.39 is 19.9 Å². The maximum Gasteiger partial charge on any atom is 0.472 e. The van der Waals surface area contributed by atoms with Gasteiger partial charge in [0.25, 0.3) is 0 Å². The number of carbonyl (C=O) groups excluding carboxylic acids is 1. The summed E-state index contributed by atoms with van der Waals surface area (Å²) in [5, 5.41) is 0. The normalized spacial score (nSPS) is 14.0. The third-order valence-electron chi connectivity index (χ3n) is 9.90. The maximum absolute atomic E-state index is 12.6. The predicted octanol–water partition coefficient (Wildman–Crippen LogP) is 14.7. The van der Waals surface area contributed by atoms with Gasteiger partial charge in [-0.1, -0.05) is 215 Å². The Bertz CT molecular complexity index is 1130.